The number of anilines is 2. The van der Waals surface area contributed by atoms with Gasteiger partial charge in [0.25, 0.3) is 0 Å². The summed E-state index contributed by atoms with van der Waals surface area (Å²) in [6, 6.07) is 16.2. The Labute approximate surface area is 130 Å². The first-order chi connectivity index (χ1) is 10.9. The fourth-order valence-electron chi connectivity index (χ4n) is 3.01. The summed E-state index contributed by atoms with van der Waals surface area (Å²) in [5, 5.41) is 6.87. The lowest BCUT2D eigenvalue weighted by Gasteiger charge is -2.31. The molecule has 4 heteroatoms. The Bertz CT molecular complexity index is 602. The first-order valence-corrected chi connectivity index (χ1v) is 7.87. The van der Waals surface area contributed by atoms with Crippen LogP contribution in [0.2, 0.25) is 0 Å². The van der Waals surface area contributed by atoms with Crippen molar-refractivity contribution in [1.29, 1.82) is 0 Å². The molecule has 0 bridgehead atoms. The molecule has 0 amide bonds. The molecule has 2 aromatic rings. The molecule has 4 rings (SSSR count). The van der Waals surface area contributed by atoms with Crippen LogP contribution in [0.3, 0.4) is 0 Å². The average molecular weight is 296 g/mol. The second-order valence-electron chi connectivity index (χ2n) is 5.81. The second-order valence-corrected chi connectivity index (χ2v) is 5.81. The van der Waals surface area contributed by atoms with E-state index in [0.29, 0.717) is 0 Å². The van der Waals surface area contributed by atoms with E-state index in [9.17, 15) is 0 Å². The lowest BCUT2D eigenvalue weighted by molar-refractivity contribution is 0.146. The normalized spacial score (nSPS) is 22.2. The number of fused-ring (bicyclic) bond motifs is 2. The van der Waals surface area contributed by atoms with Crippen molar-refractivity contribution in [3.63, 3.8) is 0 Å². The van der Waals surface area contributed by atoms with Gasteiger partial charge < -0.3 is 20.1 Å². The summed E-state index contributed by atoms with van der Waals surface area (Å²) < 4.78 is 12.1. The summed E-state index contributed by atoms with van der Waals surface area (Å²) in [6.07, 6.45) is 2.37. The molecule has 2 heterocycles. The van der Waals surface area contributed by atoms with Crippen molar-refractivity contribution in [3.8, 4) is 11.5 Å². The van der Waals surface area contributed by atoms with E-state index in [1.165, 1.54) is 0 Å². The molecular formula is C18H20N2O2. The van der Waals surface area contributed by atoms with Crippen molar-refractivity contribution in [3.05, 3.63) is 48.5 Å². The highest BCUT2D eigenvalue weighted by Gasteiger charge is 2.23. The van der Waals surface area contributed by atoms with Crippen LogP contribution < -0.4 is 20.1 Å². The molecule has 22 heavy (non-hydrogen) atoms. The topological polar surface area (TPSA) is 42.5 Å². The molecule has 0 fully saturated rings. The van der Waals surface area contributed by atoms with Gasteiger partial charge in [-0.2, -0.15) is 0 Å². The van der Waals surface area contributed by atoms with Gasteiger partial charge in [0.2, 0.25) is 0 Å². The minimum absolute atomic E-state index is 0.204. The Morgan fingerprint density at radius 2 is 1.18 bits per heavy atom. The van der Waals surface area contributed by atoms with Gasteiger partial charge >= 0.3 is 0 Å². The van der Waals surface area contributed by atoms with Crippen molar-refractivity contribution in [1.82, 2.24) is 0 Å². The summed E-state index contributed by atoms with van der Waals surface area (Å²) in [6.45, 7) is 1.71. The summed E-state index contributed by atoms with van der Waals surface area (Å²) in [7, 11) is 0. The van der Waals surface area contributed by atoms with Crippen LogP contribution >= 0.6 is 0 Å². The minimum Gasteiger partial charge on any atom is -0.486 e. The van der Waals surface area contributed by atoms with E-state index < -0.39 is 0 Å². The Kier molecular flexibility index (Phi) is 3.51. The number of ether oxygens (including phenoxy) is 2. The molecule has 2 N–H and O–H groups in total. The van der Waals surface area contributed by atoms with E-state index in [-0.39, 0.29) is 12.2 Å². The second kappa shape index (κ2) is 5.79. The van der Waals surface area contributed by atoms with Gasteiger partial charge in [0, 0.05) is 0 Å². The molecular weight excluding hydrogens is 276 g/mol. The highest BCUT2D eigenvalue weighted by Crippen LogP contribution is 2.31. The van der Waals surface area contributed by atoms with Crippen LogP contribution in [0.1, 0.15) is 12.8 Å². The van der Waals surface area contributed by atoms with E-state index in [4.69, 9.17) is 9.47 Å². The van der Waals surface area contributed by atoms with E-state index in [0.717, 1.165) is 48.8 Å². The Morgan fingerprint density at radius 3 is 1.68 bits per heavy atom. The highest BCUT2D eigenvalue weighted by atomic mass is 16.5. The van der Waals surface area contributed by atoms with Gasteiger partial charge in [0.05, 0.1) is 24.5 Å². The van der Waals surface area contributed by atoms with Gasteiger partial charge in [0.1, 0.15) is 23.7 Å². The molecule has 2 aliphatic rings. The molecule has 2 unspecified atom stereocenters. The standard InChI is InChI=1S/C18H20N2O2/c1-3-7-17-15(5-1)19-11-13(21-17)9-10-14-12-20-16-6-2-4-8-18(16)22-14/h1-8,13-14,19-20H,9-12H2. The third-order valence-electron chi connectivity index (χ3n) is 4.21. The van der Waals surface area contributed by atoms with Crippen LogP contribution in [0.15, 0.2) is 48.5 Å². The molecule has 0 radical (unpaired) electrons. The number of rotatable bonds is 3. The zero-order chi connectivity index (χ0) is 14.8. The van der Waals surface area contributed by atoms with E-state index in [2.05, 4.69) is 22.8 Å². The zero-order valence-corrected chi connectivity index (χ0v) is 12.4. The zero-order valence-electron chi connectivity index (χ0n) is 12.4. The molecule has 0 spiro atoms. The lowest BCUT2D eigenvalue weighted by atomic mass is 10.1. The van der Waals surface area contributed by atoms with E-state index in [1.807, 2.05) is 36.4 Å². The number of para-hydroxylation sites is 4. The largest absolute Gasteiger partial charge is 0.486 e. The predicted octanol–water partition coefficient (Wildman–Crippen LogP) is 3.51. The molecule has 4 nitrogen and oxygen atoms in total. The maximum atomic E-state index is 6.05. The van der Waals surface area contributed by atoms with Crippen molar-refractivity contribution in [2.45, 2.75) is 25.0 Å². The third-order valence-corrected chi connectivity index (χ3v) is 4.21. The van der Waals surface area contributed by atoms with Crippen LogP contribution in [0.25, 0.3) is 0 Å². The van der Waals surface area contributed by atoms with E-state index in [1.54, 1.807) is 0 Å². The highest BCUT2D eigenvalue weighted by molar-refractivity contribution is 5.58. The van der Waals surface area contributed by atoms with Crippen molar-refractivity contribution in [2.75, 3.05) is 23.7 Å². The molecule has 114 valence electrons. The number of hydrogen-bond donors (Lipinski definition) is 2. The first kappa shape index (κ1) is 13.3. The van der Waals surface area contributed by atoms with Crippen molar-refractivity contribution in [2.24, 2.45) is 0 Å². The summed E-state index contributed by atoms with van der Waals surface area (Å²) >= 11 is 0. The smallest absolute Gasteiger partial charge is 0.142 e. The molecule has 2 aliphatic heterocycles. The van der Waals surface area contributed by atoms with Gasteiger partial charge in [-0.25, -0.2) is 0 Å². The molecule has 2 atom stereocenters. The fraction of sp³-hybridized carbons (Fsp3) is 0.333. The molecule has 0 saturated heterocycles. The average Bonchev–Trinajstić information content (AvgIpc) is 2.59. The summed E-state index contributed by atoms with van der Waals surface area (Å²) in [4.78, 5) is 0. The van der Waals surface area contributed by atoms with Gasteiger partial charge in [-0.1, -0.05) is 24.3 Å². The quantitative estimate of drug-likeness (QED) is 0.909. The Hall–Kier alpha value is -2.36. The number of nitrogens with one attached hydrogen (secondary N) is 2. The molecule has 2 aromatic carbocycles. The predicted molar refractivity (Wildman–Crippen MR) is 87.9 cm³/mol. The summed E-state index contributed by atoms with van der Waals surface area (Å²) in [5.41, 5.74) is 2.17. The van der Waals surface area contributed by atoms with Crippen LogP contribution in [-0.2, 0) is 0 Å². The van der Waals surface area contributed by atoms with Crippen LogP contribution in [-0.4, -0.2) is 25.3 Å². The molecule has 0 saturated carbocycles. The monoisotopic (exact) mass is 296 g/mol. The van der Waals surface area contributed by atoms with Gasteiger partial charge in [-0.15, -0.1) is 0 Å². The lowest BCUT2D eigenvalue weighted by Crippen LogP contribution is -2.35. The van der Waals surface area contributed by atoms with Gasteiger partial charge in [-0.05, 0) is 37.1 Å². The first-order valence-electron chi connectivity index (χ1n) is 7.87. The van der Waals surface area contributed by atoms with Crippen LogP contribution in [0.4, 0.5) is 11.4 Å². The molecule has 0 aromatic heterocycles. The van der Waals surface area contributed by atoms with Crippen LogP contribution in [0.5, 0.6) is 11.5 Å². The maximum absolute atomic E-state index is 6.05. The third kappa shape index (κ3) is 2.69. The maximum Gasteiger partial charge on any atom is 0.142 e. The minimum atomic E-state index is 0.204. The molecule has 0 aliphatic carbocycles. The number of benzene rings is 2. The van der Waals surface area contributed by atoms with Crippen molar-refractivity contribution >= 4 is 11.4 Å². The Balaban J connectivity index is 1.33. The Morgan fingerprint density at radius 1 is 0.727 bits per heavy atom. The van der Waals surface area contributed by atoms with E-state index >= 15 is 0 Å². The SMILES string of the molecule is c1ccc2c(c1)NCC(CCC1CNc3ccccc3O1)O2. The number of hydrogen-bond acceptors (Lipinski definition) is 4. The summed E-state index contributed by atoms with van der Waals surface area (Å²) in [5.74, 6) is 1.90. The van der Waals surface area contributed by atoms with Gasteiger partial charge in [0.15, 0.2) is 0 Å². The van der Waals surface area contributed by atoms with Gasteiger partial charge in [-0.3, -0.25) is 0 Å². The van der Waals surface area contributed by atoms with Crippen molar-refractivity contribution < 1.29 is 9.47 Å². The van der Waals surface area contributed by atoms with Crippen LogP contribution in [0, 0.1) is 0 Å². The fourth-order valence-corrected chi connectivity index (χ4v) is 3.01.